The summed E-state index contributed by atoms with van der Waals surface area (Å²) in [6.07, 6.45) is 8.25. The molecular formula is C20H28N4S. The standard InChI is InChI=1S/C20H28N4S/c1-25-11-9-19-14-23-10-5-8-18(23)15-24(19)13-17-12-21-22-20(17)16-6-3-2-4-7-16/h2-4,6-7,12,18-19H,5,8-11,13-15H2,1H3,(H,21,22)/t18-,19-/m0/s1. The molecule has 0 amide bonds. The smallest absolute Gasteiger partial charge is 0.0695 e. The molecule has 5 heteroatoms. The van der Waals surface area contributed by atoms with E-state index in [1.807, 2.05) is 18.0 Å². The van der Waals surface area contributed by atoms with Crippen LogP contribution in [-0.4, -0.2) is 63.7 Å². The summed E-state index contributed by atoms with van der Waals surface area (Å²) < 4.78 is 0. The number of benzene rings is 1. The van der Waals surface area contributed by atoms with Crippen LogP contribution in [-0.2, 0) is 6.54 Å². The number of H-pyrrole nitrogens is 1. The lowest BCUT2D eigenvalue weighted by molar-refractivity contribution is 0.0443. The molecule has 2 aliphatic rings. The van der Waals surface area contributed by atoms with Gasteiger partial charge in [0, 0.05) is 37.3 Å². The van der Waals surface area contributed by atoms with E-state index in [2.05, 4.69) is 56.6 Å². The maximum absolute atomic E-state index is 4.35. The van der Waals surface area contributed by atoms with Gasteiger partial charge in [-0.2, -0.15) is 16.9 Å². The first kappa shape index (κ1) is 17.1. The van der Waals surface area contributed by atoms with Crippen molar-refractivity contribution in [1.82, 2.24) is 20.0 Å². The van der Waals surface area contributed by atoms with Crippen LogP contribution in [0.25, 0.3) is 11.3 Å². The van der Waals surface area contributed by atoms with Crippen molar-refractivity contribution in [3.8, 4) is 11.3 Å². The molecule has 1 aromatic carbocycles. The molecular weight excluding hydrogens is 328 g/mol. The third kappa shape index (κ3) is 3.78. The van der Waals surface area contributed by atoms with Crippen molar-refractivity contribution >= 4 is 11.8 Å². The van der Waals surface area contributed by atoms with E-state index < -0.39 is 0 Å². The van der Waals surface area contributed by atoms with Gasteiger partial charge >= 0.3 is 0 Å². The zero-order chi connectivity index (χ0) is 17.1. The number of nitrogens with zero attached hydrogens (tertiary/aromatic N) is 3. The highest BCUT2D eigenvalue weighted by Gasteiger charge is 2.36. The molecule has 2 aliphatic heterocycles. The Hall–Kier alpha value is -1.30. The van der Waals surface area contributed by atoms with E-state index in [0.717, 1.165) is 12.6 Å². The molecule has 0 radical (unpaired) electrons. The lowest BCUT2D eigenvalue weighted by atomic mass is 10.0. The van der Waals surface area contributed by atoms with E-state index >= 15 is 0 Å². The van der Waals surface area contributed by atoms with Gasteiger partial charge in [0.2, 0.25) is 0 Å². The molecule has 4 rings (SSSR count). The minimum atomic E-state index is 0.667. The fourth-order valence-corrected chi connectivity index (χ4v) is 4.88. The van der Waals surface area contributed by atoms with Crippen LogP contribution < -0.4 is 0 Å². The van der Waals surface area contributed by atoms with Crippen molar-refractivity contribution in [3.05, 3.63) is 42.1 Å². The molecule has 4 nitrogen and oxygen atoms in total. The molecule has 0 unspecified atom stereocenters. The van der Waals surface area contributed by atoms with Crippen molar-refractivity contribution in [3.63, 3.8) is 0 Å². The van der Waals surface area contributed by atoms with Crippen LogP contribution in [0.1, 0.15) is 24.8 Å². The Balaban J connectivity index is 1.53. The molecule has 3 heterocycles. The summed E-state index contributed by atoms with van der Waals surface area (Å²) in [7, 11) is 0. The van der Waals surface area contributed by atoms with E-state index in [0.29, 0.717) is 6.04 Å². The number of nitrogens with one attached hydrogen (secondary N) is 1. The molecule has 2 aromatic rings. The fraction of sp³-hybridized carbons (Fsp3) is 0.550. The number of hydrogen-bond donors (Lipinski definition) is 1. The summed E-state index contributed by atoms with van der Waals surface area (Å²) in [6.45, 7) is 4.75. The quantitative estimate of drug-likeness (QED) is 0.859. The fourth-order valence-electron chi connectivity index (χ4n) is 4.37. The lowest BCUT2D eigenvalue weighted by Gasteiger charge is -2.44. The first-order chi connectivity index (χ1) is 12.3. The minimum Gasteiger partial charge on any atom is -0.298 e. The predicted molar refractivity (Wildman–Crippen MR) is 106 cm³/mol. The van der Waals surface area contributed by atoms with Crippen molar-refractivity contribution in [2.75, 3.05) is 31.6 Å². The summed E-state index contributed by atoms with van der Waals surface area (Å²) in [4.78, 5) is 5.45. The van der Waals surface area contributed by atoms with Gasteiger partial charge in [-0.1, -0.05) is 30.3 Å². The van der Waals surface area contributed by atoms with Crippen LogP contribution in [0.2, 0.25) is 0 Å². The van der Waals surface area contributed by atoms with E-state index in [1.54, 1.807) is 0 Å². The largest absolute Gasteiger partial charge is 0.298 e. The predicted octanol–water partition coefficient (Wildman–Crippen LogP) is 3.48. The average Bonchev–Trinajstić information content (AvgIpc) is 3.29. The summed E-state index contributed by atoms with van der Waals surface area (Å²) >= 11 is 1.97. The monoisotopic (exact) mass is 356 g/mol. The molecule has 0 spiro atoms. The molecule has 1 N–H and O–H groups in total. The Labute approximate surface area is 155 Å². The highest BCUT2D eigenvalue weighted by atomic mass is 32.2. The Kier molecular flexibility index (Phi) is 5.44. The van der Waals surface area contributed by atoms with E-state index in [4.69, 9.17) is 0 Å². The van der Waals surface area contributed by atoms with Crippen LogP contribution in [0.5, 0.6) is 0 Å². The van der Waals surface area contributed by atoms with Crippen LogP contribution >= 0.6 is 11.8 Å². The Bertz CT molecular complexity index is 671. The summed E-state index contributed by atoms with van der Waals surface area (Å²) in [6, 6.07) is 12.0. The van der Waals surface area contributed by atoms with Gasteiger partial charge in [-0.25, -0.2) is 0 Å². The normalized spacial score (nSPS) is 24.5. The molecule has 25 heavy (non-hydrogen) atoms. The lowest BCUT2D eigenvalue weighted by Crippen LogP contribution is -2.55. The van der Waals surface area contributed by atoms with Crippen molar-refractivity contribution < 1.29 is 0 Å². The second kappa shape index (κ2) is 7.94. The van der Waals surface area contributed by atoms with Gasteiger partial charge in [0.25, 0.3) is 0 Å². The summed E-state index contributed by atoms with van der Waals surface area (Å²) in [5.74, 6) is 1.25. The highest BCUT2D eigenvalue weighted by molar-refractivity contribution is 7.98. The Morgan fingerprint density at radius 1 is 1.24 bits per heavy atom. The summed E-state index contributed by atoms with van der Waals surface area (Å²) in [5.41, 5.74) is 3.74. The highest BCUT2D eigenvalue weighted by Crippen LogP contribution is 2.29. The van der Waals surface area contributed by atoms with Crippen LogP contribution in [0.15, 0.2) is 36.5 Å². The number of thioether (sulfide) groups is 1. The molecule has 2 atom stereocenters. The molecule has 0 saturated carbocycles. The second-order valence-corrected chi connectivity index (χ2v) is 8.28. The molecule has 2 fully saturated rings. The van der Waals surface area contributed by atoms with E-state index in [1.165, 1.54) is 61.5 Å². The number of piperazine rings is 1. The second-order valence-electron chi connectivity index (χ2n) is 7.29. The SMILES string of the molecule is CSCC[C@H]1CN2CCC[C@H]2CN1Cc1cn[nH]c1-c1ccccc1. The third-order valence-electron chi connectivity index (χ3n) is 5.71. The van der Waals surface area contributed by atoms with Crippen LogP contribution in [0, 0.1) is 0 Å². The van der Waals surface area contributed by atoms with Gasteiger partial charge in [-0.05, 0) is 43.4 Å². The number of aromatic amines is 1. The van der Waals surface area contributed by atoms with Gasteiger partial charge < -0.3 is 0 Å². The van der Waals surface area contributed by atoms with Gasteiger partial charge in [-0.3, -0.25) is 14.9 Å². The van der Waals surface area contributed by atoms with Crippen molar-refractivity contribution in [2.24, 2.45) is 0 Å². The number of fused-ring (bicyclic) bond motifs is 1. The Morgan fingerprint density at radius 3 is 2.96 bits per heavy atom. The molecule has 0 aliphatic carbocycles. The van der Waals surface area contributed by atoms with Gasteiger partial charge in [0.05, 0.1) is 11.9 Å². The molecule has 0 bridgehead atoms. The van der Waals surface area contributed by atoms with Crippen LogP contribution in [0.4, 0.5) is 0 Å². The van der Waals surface area contributed by atoms with E-state index in [-0.39, 0.29) is 0 Å². The first-order valence-electron chi connectivity index (χ1n) is 9.40. The van der Waals surface area contributed by atoms with Crippen LogP contribution in [0.3, 0.4) is 0 Å². The minimum absolute atomic E-state index is 0.667. The number of rotatable bonds is 6. The number of aromatic nitrogens is 2. The van der Waals surface area contributed by atoms with Gasteiger partial charge in [0.1, 0.15) is 0 Å². The third-order valence-corrected chi connectivity index (χ3v) is 6.36. The molecule has 134 valence electrons. The number of hydrogen-bond acceptors (Lipinski definition) is 4. The average molecular weight is 357 g/mol. The van der Waals surface area contributed by atoms with Crippen molar-refractivity contribution in [1.29, 1.82) is 0 Å². The zero-order valence-corrected chi connectivity index (χ0v) is 15.8. The molecule has 1 aromatic heterocycles. The maximum atomic E-state index is 4.35. The first-order valence-corrected chi connectivity index (χ1v) is 10.8. The molecule has 2 saturated heterocycles. The Morgan fingerprint density at radius 2 is 2.12 bits per heavy atom. The zero-order valence-electron chi connectivity index (χ0n) is 15.0. The maximum Gasteiger partial charge on any atom is 0.0695 e. The van der Waals surface area contributed by atoms with Gasteiger partial charge in [-0.15, -0.1) is 0 Å². The summed E-state index contributed by atoms with van der Waals surface area (Å²) in [5, 5.41) is 7.58. The topological polar surface area (TPSA) is 35.2 Å². The van der Waals surface area contributed by atoms with E-state index in [9.17, 15) is 0 Å². The van der Waals surface area contributed by atoms with Gasteiger partial charge in [0.15, 0.2) is 0 Å². The van der Waals surface area contributed by atoms with Crippen molar-refractivity contribution in [2.45, 2.75) is 37.9 Å².